The van der Waals surface area contributed by atoms with Gasteiger partial charge in [-0.05, 0) is 50.0 Å². The van der Waals surface area contributed by atoms with Gasteiger partial charge in [-0.15, -0.1) is 0 Å². The molecule has 0 radical (unpaired) electrons. The number of nitrogens with one attached hydrogen (secondary N) is 1. The van der Waals surface area contributed by atoms with Crippen molar-refractivity contribution >= 4 is 0 Å². The molecule has 18 heavy (non-hydrogen) atoms. The van der Waals surface area contributed by atoms with Crippen LogP contribution in [0.15, 0.2) is 18.5 Å². The third-order valence-electron chi connectivity index (χ3n) is 3.74. The highest BCUT2D eigenvalue weighted by Crippen LogP contribution is 2.12. The Morgan fingerprint density at radius 3 is 3.17 bits per heavy atom. The summed E-state index contributed by atoms with van der Waals surface area (Å²) in [5.41, 5.74) is 2.73. The molecule has 0 aromatic carbocycles. The first-order valence-corrected chi connectivity index (χ1v) is 7.15. The van der Waals surface area contributed by atoms with Crippen LogP contribution in [-0.2, 0) is 6.54 Å². The molecule has 0 saturated carbocycles. The van der Waals surface area contributed by atoms with Gasteiger partial charge in [-0.25, -0.2) is 0 Å². The molecule has 1 atom stereocenters. The highest BCUT2D eigenvalue weighted by molar-refractivity contribution is 5.21. The SMILES string of the molecule is CCCC1CN(Cc2cnccc2C)CCCN1. The van der Waals surface area contributed by atoms with Crippen LogP contribution in [0.1, 0.15) is 37.3 Å². The molecule has 1 aromatic heterocycles. The van der Waals surface area contributed by atoms with Crippen molar-refractivity contribution in [2.75, 3.05) is 19.6 Å². The normalized spacial score (nSPS) is 21.8. The lowest BCUT2D eigenvalue weighted by Crippen LogP contribution is -2.37. The Morgan fingerprint density at radius 1 is 1.50 bits per heavy atom. The van der Waals surface area contributed by atoms with Crippen LogP contribution < -0.4 is 5.32 Å². The fraction of sp³-hybridized carbons (Fsp3) is 0.667. The third-order valence-corrected chi connectivity index (χ3v) is 3.74. The maximum Gasteiger partial charge on any atom is 0.0315 e. The zero-order valence-electron chi connectivity index (χ0n) is 11.7. The highest BCUT2D eigenvalue weighted by Gasteiger charge is 2.17. The van der Waals surface area contributed by atoms with Gasteiger partial charge < -0.3 is 5.32 Å². The van der Waals surface area contributed by atoms with E-state index in [4.69, 9.17) is 0 Å². The quantitative estimate of drug-likeness (QED) is 0.885. The van der Waals surface area contributed by atoms with Gasteiger partial charge in [0.15, 0.2) is 0 Å². The zero-order valence-corrected chi connectivity index (χ0v) is 11.7. The van der Waals surface area contributed by atoms with Crippen molar-refractivity contribution in [1.29, 1.82) is 0 Å². The van der Waals surface area contributed by atoms with E-state index in [1.54, 1.807) is 0 Å². The molecule has 1 saturated heterocycles. The summed E-state index contributed by atoms with van der Waals surface area (Å²) < 4.78 is 0. The lowest BCUT2D eigenvalue weighted by Gasteiger charge is -2.24. The molecule has 1 aliphatic rings. The Morgan fingerprint density at radius 2 is 2.39 bits per heavy atom. The molecular weight excluding hydrogens is 222 g/mol. The van der Waals surface area contributed by atoms with Crippen molar-refractivity contribution in [3.8, 4) is 0 Å². The summed E-state index contributed by atoms with van der Waals surface area (Å²) >= 11 is 0. The van der Waals surface area contributed by atoms with Gasteiger partial charge in [-0.3, -0.25) is 9.88 Å². The second-order valence-electron chi connectivity index (χ2n) is 5.33. The van der Waals surface area contributed by atoms with E-state index >= 15 is 0 Å². The molecule has 1 unspecified atom stereocenters. The van der Waals surface area contributed by atoms with E-state index in [2.05, 4.69) is 35.1 Å². The summed E-state index contributed by atoms with van der Waals surface area (Å²) in [6.07, 6.45) is 7.69. The van der Waals surface area contributed by atoms with Gasteiger partial charge in [-0.2, -0.15) is 0 Å². The monoisotopic (exact) mass is 247 g/mol. The number of hydrogen-bond donors (Lipinski definition) is 1. The second-order valence-corrected chi connectivity index (χ2v) is 5.33. The molecule has 1 fully saturated rings. The van der Waals surface area contributed by atoms with Crippen LogP contribution in [0.5, 0.6) is 0 Å². The van der Waals surface area contributed by atoms with Crippen molar-refractivity contribution in [1.82, 2.24) is 15.2 Å². The fourth-order valence-electron chi connectivity index (χ4n) is 2.66. The molecule has 1 aromatic rings. The van der Waals surface area contributed by atoms with Crippen molar-refractivity contribution in [2.24, 2.45) is 0 Å². The first-order valence-electron chi connectivity index (χ1n) is 7.15. The number of nitrogens with zero attached hydrogens (tertiary/aromatic N) is 2. The molecule has 0 spiro atoms. The molecule has 0 aliphatic carbocycles. The van der Waals surface area contributed by atoms with E-state index in [9.17, 15) is 0 Å². The van der Waals surface area contributed by atoms with Crippen LogP contribution in [0, 0.1) is 6.92 Å². The van der Waals surface area contributed by atoms with Crippen molar-refractivity contribution in [3.05, 3.63) is 29.6 Å². The predicted molar refractivity (Wildman–Crippen MR) is 75.6 cm³/mol. The Kier molecular flexibility index (Phi) is 5.14. The highest BCUT2D eigenvalue weighted by atomic mass is 15.2. The van der Waals surface area contributed by atoms with E-state index in [1.807, 2.05) is 12.4 Å². The van der Waals surface area contributed by atoms with Crippen LogP contribution in [0.25, 0.3) is 0 Å². The lowest BCUT2D eigenvalue weighted by atomic mass is 10.1. The van der Waals surface area contributed by atoms with Crippen molar-refractivity contribution in [3.63, 3.8) is 0 Å². The largest absolute Gasteiger partial charge is 0.313 e. The summed E-state index contributed by atoms with van der Waals surface area (Å²) in [7, 11) is 0. The van der Waals surface area contributed by atoms with Gasteiger partial charge in [-0.1, -0.05) is 13.3 Å². The molecule has 100 valence electrons. The Balaban J connectivity index is 1.97. The summed E-state index contributed by atoms with van der Waals surface area (Å²) in [4.78, 5) is 6.82. The molecule has 3 nitrogen and oxygen atoms in total. The van der Waals surface area contributed by atoms with Crippen LogP contribution in [0.2, 0.25) is 0 Å². The van der Waals surface area contributed by atoms with Crippen LogP contribution >= 0.6 is 0 Å². The predicted octanol–water partition coefficient (Wildman–Crippen LogP) is 2.35. The maximum atomic E-state index is 4.25. The van der Waals surface area contributed by atoms with E-state index in [1.165, 1.54) is 43.5 Å². The Labute approximate surface area is 111 Å². The molecule has 2 heterocycles. The maximum absolute atomic E-state index is 4.25. The van der Waals surface area contributed by atoms with Gasteiger partial charge in [0.2, 0.25) is 0 Å². The van der Waals surface area contributed by atoms with Crippen LogP contribution in [0.4, 0.5) is 0 Å². The molecule has 2 rings (SSSR count). The minimum Gasteiger partial charge on any atom is -0.313 e. The fourth-order valence-corrected chi connectivity index (χ4v) is 2.66. The Bertz CT molecular complexity index is 365. The molecule has 0 amide bonds. The minimum absolute atomic E-state index is 0.662. The summed E-state index contributed by atoms with van der Waals surface area (Å²) in [6.45, 7) is 9.01. The first-order chi connectivity index (χ1) is 8.79. The number of aromatic nitrogens is 1. The van der Waals surface area contributed by atoms with Crippen molar-refractivity contribution < 1.29 is 0 Å². The average Bonchev–Trinajstić information content (AvgIpc) is 2.58. The topological polar surface area (TPSA) is 28.2 Å². The van der Waals surface area contributed by atoms with Gasteiger partial charge in [0.1, 0.15) is 0 Å². The molecule has 1 aliphatic heterocycles. The first kappa shape index (κ1) is 13.5. The second kappa shape index (κ2) is 6.86. The molecule has 0 bridgehead atoms. The Hall–Kier alpha value is -0.930. The number of aryl methyl sites for hydroxylation is 1. The summed E-state index contributed by atoms with van der Waals surface area (Å²) in [6, 6.07) is 2.77. The smallest absolute Gasteiger partial charge is 0.0315 e. The van der Waals surface area contributed by atoms with Gasteiger partial charge >= 0.3 is 0 Å². The molecule has 1 N–H and O–H groups in total. The van der Waals surface area contributed by atoms with Gasteiger partial charge in [0.05, 0.1) is 0 Å². The summed E-state index contributed by atoms with van der Waals surface area (Å²) in [5, 5.41) is 3.66. The summed E-state index contributed by atoms with van der Waals surface area (Å²) in [5.74, 6) is 0. The van der Waals surface area contributed by atoms with Gasteiger partial charge in [0, 0.05) is 31.5 Å². The van der Waals surface area contributed by atoms with Gasteiger partial charge in [0.25, 0.3) is 0 Å². The average molecular weight is 247 g/mol. The van der Waals surface area contributed by atoms with E-state index in [-0.39, 0.29) is 0 Å². The molecular formula is C15H25N3. The van der Waals surface area contributed by atoms with Crippen molar-refractivity contribution in [2.45, 2.75) is 45.7 Å². The number of rotatable bonds is 4. The van der Waals surface area contributed by atoms with Crippen LogP contribution in [-0.4, -0.2) is 35.6 Å². The van der Waals surface area contributed by atoms with E-state index in [0.717, 1.165) is 13.1 Å². The minimum atomic E-state index is 0.662. The lowest BCUT2D eigenvalue weighted by molar-refractivity contribution is 0.254. The standard InChI is InChI=1S/C15H25N3/c1-3-5-15-12-18(9-4-7-17-15)11-14-10-16-8-6-13(14)2/h6,8,10,15,17H,3-5,7,9,11-12H2,1-2H3. The zero-order chi connectivity index (χ0) is 12.8. The van der Waals surface area contributed by atoms with Crippen LogP contribution in [0.3, 0.4) is 0 Å². The van der Waals surface area contributed by atoms with E-state index < -0.39 is 0 Å². The number of hydrogen-bond acceptors (Lipinski definition) is 3. The molecule has 3 heteroatoms. The third kappa shape index (κ3) is 3.79. The van der Waals surface area contributed by atoms with E-state index in [0.29, 0.717) is 6.04 Å². The number of pyridine rings is 1.